The van der Waals surface area contributed by atoms with Crippen LogP contribution in [0.4, 0.5) is 5.69 Å². The van der Waals surface area contributed by atoms with Crippen LogP contribution in [0.2, 0.25) is 25.1 Å². The van der Waals surface area contributed by atoms with Crippen LogP contribution >= 0.6 is 58.0 Å². The average molecular weight is 581 g/mol. The van der Waals surface area contributed by atoms with Gasteiger partial charge in [-0.25, -0.2) is 0 Å². The molecule has 3 aromatic rings. The molecule has 186 valence electrons. The summed E-state index contributed by atoms with van der Waals surface area (Å²) in [6.45, 7) is 1.24. The van der Waals surface area contributed by atoms with Gasteiger partial charge in [0.05, 0.1) is 27.0 Å². The number of carbonyl (C=O) groups is 2. The highest BCUT2D eigenvalue weighted by molar-refractivity contribution is 6.55. The summed E-state index contributed by atoms with van der Waals surface area (Å²) < 4.78 is 12.7. The van der Waals surface area contributed by atoms with Crippen LogP contribution in [0.25, 0.3) is 0 Å². The number of ether oxygens (including phenoxy) is 1. The van der Waals surface area contributed by atoms with E-state index in [0.717, 1.165) is 19.3 Å². The minimum Gasteiger partial charge on any atom is -0.482 e. The molecule has 0 bridgehead atoms. The number of rotatable bonds is 6. The van der Waals surface area contributed by atoms with Gasteiger partial charge in [-0.15, -0.1) is 0 Å². The van der Waals surface area contributed by atoms with Crippen LogP contribution in [0, 0.1) is 0 Å². The quantitative estimate of drug-likeness (QED) is 0.258. The molecule has 35 heavy (non-hydrogen) atoms. The molecule has 13 heteroatoms. The Hall–Kier alpha value is -2.10. The number of hydrogen-bond donors (Lipinski definition) is 1. The fourth-order valence-electron chi connectivity index (χ4n) is 3.65. The molecule has 0 spiro atoms. The molecule has 1 aliphatic heterocycles. The minimum atomic E-state index is -0.550. The van der Waals surface area contributed by atoms with E-state index in [2.05, 4.69) is 10.4 Å². The van der Waals surface area contributed by atoms with Crippen molar-refractivity contribution in [2.45, 2.75) is 25.9 Å². The molecule has 0 aliphatic carbocycles. The van der Waals surface area contributed by atoms with Gasteiger partial charge in [-0.05, 0) is 31.4 Å². The van der Waals surface area contributed by atoms with Crippen LogP contribution in [-0.4, -0.2) is 39.6 Å². The van der Waals surface area contributed by atoms with Crippen molar-refractivity contribution in [3.63, 3.8) is 0 Å². The third-order valence-corrected chi connectivity index (χ3v) is 7.69. The fourth-order valence-corrected chi connectivity index (χ4v) is 4.88. The van der Waals surface area contributed by atoms with Crippen molar-refractivity contribution in [1.82, 2.24) is 14.7 Å². The number of furan rings is 1. The molecule has 8 nitrogen and oxygen atoms in total. The Kier molecular flexibility index (Phi) is 8.08. The third kappa shape index (κ3) is 5.37. The second kappa shape index (κ2) is 10.9. The molecule has 4 rings (SSSR count). The molecule has 1 saturated heterocycles. The van der Waals surface area contributed by atoms with Crippen molar-refractivity contribution >= 4 is 75.5 Å². The highest BCUT2D eigenvalue weighted by Gasteiger charge is 2.26. The summed E-state index contributed by atoms with van der Waals surface area (Å²) in [5, 5.41) is 6.85. The van der Waals surface area contributed by atoms with Crippen molar-refractivity contribution in [3.8, 4) is 5.75 Å². The highest BCUT2D eigenvalue weighted by Crippen LogP contribution is 2.48. The molecule has 1 N–H and O–H groups in total. The smallest absolute Gasteiger partial charge is 0.291 e. The monoisotopic (exact) mass is 578 g/mol. The number of halogens is 5. The number of nitrogens with zero attached hydrogens (tertiary/aromatic N) is 3. The third-order valence-electron chi connectivity index (χ3n) is 5.45. The molecular weight excluding hydrogens is 562 g/mol. The Morgan fingerprint density at radius 2 is 1.63 bits per heavy atom. The SMILES string of the molecule is Cn1ncc(NC(=O)c2ccc(COc3c(Cl)c(Cl)c(Cl)c(Cl)c3Cl)o2)c1C(=O)N1CCCCC1. The Morgan fingerprint density at radius 3 is 2.29 bits per heavy atom. The van der Waals surface area contributed by atoms with E-state index in [9.17, 15) is 9.59 Å². The number of benzene rings is 1. The van der Waals surface area contributed by atoms with E-state index < -0.39 is 5.91 Å². The first-order valence-electron chi connectivity index (χ1n) is 10.5. The number of amides is 2. The zero-order valence-electron chi connectivity index (χ0n) is 18.3. The molecule has 0 unspecified atom stereocenters. The number of likely N-dealkylation sites (tertiary alicyclic amines) is 1. The van der Waals surface area contributed by atoms with Gasteiger partial charge in [0.15, 0.2) is 11.5 Å². The van der Waals surface area contributed by atoms with Gasteiger partial charge in [-0.2, -0.15) is 5.10 Å². The normalized spacial score (nSPS) is 13.7. The second-order valence-corrected chi connectivity index (χ2v) is 9.68. The van der Waals surface area contributed by atoms with Crippen LogP contribution < -0.4 is 10.1 Å². The Labute approximate surface area is 225 Å². The predicted molar refractivity (Wildman–Crippen MR) is 135 cm³/mol. The summed E-state index contributed by atoms with van der Waals surface area (Å²) in [7, 11) is 1.65. The molecule has 0 atom stereocenters. The van der Waals surface area contributed by atoms with E-state index in [0.29, 0.717) is 30.2 Å². The lowest BCUT2D eigenvalue weighted by molar-refractivity contribution is 0.0714. The van der Waals surface area contributed by atoms with Crippen molar-refractivity contribution < 1.29 is 18.7 Å². The zero-order valence-corrected chi connectivity index (χ0v) is 22.1. The van der Waals surface area contributed by atoms with Gasteiger partial charge in [0, 0.05) is 20.1 Å². The number of aromatic nitrogens is 2. The summed E-state index contributed by atoms with van der Waals surface area (Å²) >= 11 is 30.4. The van der Waals surface area contributed by atoms with Gasteiger partial charge in [-0.1, -0.05) is 58.0 Å². The molecule has 2 aromatic heterocycles. The first-order valence-corrected chi connectivity index (χ1v) is 12.4. The van der Waals surface area contributed by atoms with Crippen LogP contribution in [0.3, 0.4) is 0 Å². The zero-order chi connectivity index (χ0) is 25.3. The van der Waals surface area contributed by atoms with Gasteiger partial charge in [-0.3, -0.25) is 14.3 Å². The molecule has 0 radical (unpaired) electrons. The maximum absolute atomic E-state index is 13.0. The number of aryl methyl sites for hydroxylation is 1. The summed E-state index contributed by atoms with van der Waals surface area (Å²) in [5.41, 5.74) is 0.599. The standard InChI is InChI=1S/C22H19Cl5N4O4/c1-30-19(22(33)31-7-3-2-4-8-31)12(9-28-30)29-21(32)13-6-5-11(35-13)10-34-20-17(26)15(24)14(23)16(25)18(20)27/h5-6,9H,2-4,7-8,10H2,1H3,(H,29,32). The molecule has 0 saturated carbocycles. The van der Waals surface area contributed by atoms with Crippen LogP contribution in [0.15, 0.2) is 22.7 Å². The Morgan fingerprint density at radius 1 is 1.00 bits per heavy atom. The van der Waals surface area contributed by atoms with E-state index >= 15 is 0 Å². The predicted octanol–water partition coefficient (Wildman–Crippen LogP) is 6.74. The van der Waals surface area contributed by atoms with E-state index in [4.69, 9.17) is 67.2 Å². The lowest BCUT2D eigenvalue weighted by atomic mass is 10.1. The van der Waals surface area contributed by atoms with Crippen LogP contribution in [0.1, 0.15) is 46.1 Å². The summed E-state index contributed by atoms with van der Waals surface area (Å²) in [4.78, 5) is 27.6. The maximum Gasteiger partial charge on any atom is 0.291 e. The number of carbonyl (C=O) groups excluding carboxylic acids is 2. The molecular formula is C22H19Cl5N4O4. The molecule has 1 aromatic carbocycles. The van der Waals surface area contributed by atoms with E-state index in [1.165, 1.54) is 16.9 Å². The van der Waals surface area contributed by atoms with Gasteiger partial charge in [0.2, 0.25) is 0 Å². The minimum absolute atomic E-state index is 0.00179. The molecule has 1 fully saturated rings. The van der Waals surface area contributed by atoms with E-state index in [1.807, 2.05) is 0 Å². The molecule has 3 heterocycles. The van der Waals surface area contributed by atoms with Gasteiger partial charge >= 0.3 is 0 Å². The maximum atomic E-state index is 13.0. The lowest BCUT2D eigenvalue weighted by Gasteiger charge is -2.27. The van der Waals surface area contributed by atoms with E-state index in [-0.39, 0.29) is 49.1 Å². The number of hydrogen-bond acceptors (Lipinski definition) is 5. The second-order valence-electron chi connectivity index (χ2n) is 7.79. The number of anilines is 1. The Bertz CT molecular complexity index is 1250. The first kappa shape index (κ1) is 26.0. The van der Waals surface area contributed by atoms with Crippen molar-refractivity contribution in [2.75, 3.05) is 18.4 Å². The fraction of sp³-hybridized carbons (Fsp3) is 0.318. The topological polar surface area (TPSA) is 89.6 Å². The van der Waals surface area contributed by atoms with E-state index in [1.54, 1.807) is 18.0 Å². The van der Waals surface area contributed by atoms with Gasteiger partial charge in [0.25, 0.3) is 11.8 Å². The number of piperidine rings is 1. The molecule has 1 aliphatic rings. The average Bonchev–Trinajstić information content (AvgIpc) is 3.48. The summed E-state index contributed by atoms with van der Waals surface area (Å²) in [5.74, 6) is -0.381. The number of nitrogens with one attached hydrogen (secondary N) is 1. The van der Waals surface area contributed by atoms with Crippen molar-refractivity contribution in [1.29, 1.82) is 0 Å². The first-order chi connectivity index (χ1) is 16.7. The summed E-state index contributed by atoms with van der Waals surface area (Å²) in [6.07, 6.45) is 4.43. The van der Waals surface area contributed by atoms with Crippen LogP contribution in [0.5, 0.6) is 5.75 Å². The molecule has 2 amide bonds. The largest absolute Gasteiger partial charge is 0.482 e. The van der Waals surface area contributed by atoms with Gasteiger partial charge in [0.1, 0.15) is 28.1 Å². The van der Waals surface area contributed by atoms with Crippen molar-refractivity contribution in [2.24, 2.45) is 7.05 Å². The summed E-state index contributed by atoms with van der Waals surface area (Å²) in [6, 6.07) is 3.03. The Balaban J connectivity index is 1.45. The van der Waals surface area contributed by atoms with Gasteiger partial charge < -0.3 is 19.4 Å². The van der Waals surface area contributed by atoms with Crippen molar-refractivity contribution in [3.05, 3.63) is 60.7 Å². The lowest BCUT2D eigenvalue weighted by Crippen LogP contribution is -2.37. The highest BCUT2D eigenvalue weighted by atomic mass is 35.5. The van der Waals surface area contributed by atoms with Crippen LogP contribution in [-0.2, 0) is 13.7 Å².